The molecule has 0 aliphatic carbocycles. The van der Waals surface area contributed by atoms with E-state index >= 15 is 0 Å². The average Bonchev–Trinajstić information content (AvgIpc) is 2.95. The normalized spacial score (nSPS) is 19.2. The third kappa shape index (κ3) is 3.17. The molecule has 1 saturated heterocycles. The van der Waals surface area contributed by atoms with Crippen molar-refractivity contribution < 1.29 is 0 Å². The summed E-state index contributed by atoms with van der Waals surface area (Å²) < 4.78 is 0. The maximum atomic E-state index is 4.61. The molecule has 2 heterocycles. The third-order valence-electron chi connectivity index (χ3n) is 3.66. The van der Waals surface area contributed by atoms with Crippen LogP contribution >= 0.6 is 0 Å². The molecule has 0 radical (unpaired) electrons. The van der Waals surface area contributed by atoms with Crippen molar-refractivity contribution in [3.8, 4) is 0 Å². The van der Waals surface area contributed by atoms with Crippen LogP contribution in [-0.4, -0.2) is 40.9 Å². The number of anilines is 1. The molecule has 3 rings (SSSR count). The maximum Gasteiger partial charge on any atom is 0.244 e. The fraction of sp³-hybridized carbons (Fsp3) is 0.467. The Labute approximate surface area is 119 Å². The van der Waals surface area contributed by atoms with Crippen molar-refractivity contribution in [3.05, 3.63) is 41.7 Å². The van der Waals surface area contributed by atoms with Crippen molar-refractivity contribution in [2.24, 2.45) is 0 Å². The van der Waals surface area contributed by atoms with E-state index in [4.69, 9.17) is 0 Å². The minimum atomic E-state index is 0.495. The van der Waals surface area contributed by atoms with Crippen LogP contribution in [0.1, 0.15) is 18.3 Å². The first-order valence-electron chi connectivity index (χ1n) is 7.25. The van der Waals surface area contributed by atoms with E-state index < -0.39 is 0 Å². The van der Waals surface area contributed by atoms with Crippen molar-refractivity contribution in [1.82, 2.24) is 20.5 Å². The maximum absolute atomic E-state index is 4.61. The minimum Gasteiger partial charge on any atom is -0.337 e. The molecule has 1 atom stereocenters. The fourth-order valence-electron chi connectivity index (χ4n) is 2.56. The Bertz CT molecular complexity index is 536. The van der Waals surface area contributed by atoms with Crippen molar-refractivity contribution in [2.45, 2.75) is 25.8 Å². The Hall–Kier alpha value is -1.88. The molecule has 20 heavy (non-hydrogen) atoms. The summed E-state index contributed by atoms with van der Waals surface area (Å²) in [5, 5.41) is 10.8. The van der Waals surface area contributed by atoms with Gasteiger partial charge in [-0.3, -0.25) is 5.10 Å². The number of hydrogen-bond acceptors (Lipinski definition) is 4. The molecular weight excluding hydrogens is 250 g/mol. The predicted molar refractivity (Wildman–Crippen MR) is 79.9 cm³/mol. The van der Waals surface area contributed by atoms with Gasteiger partial charge in [0.2, 0.25) is 5.95 Å². The highest BCUT2D eigenvalue weighted by Gasteiger charge is 2.19. The van der Waals surface area contributed by atoms with Crippen molar-refractivity contribution in [3.63, 3.8) is 0 Å². The molecule has 0 saturated carbocycles. The molecular formula is C15H21N5. The number of aromatic amines is 1. The summed E-state index contributed by atoms with van der Waals surface area (Å²) in [7, 11) is 0. The zero-order chi connectivity index (χ0) is 13.8. The van der Waals surface area contributed by atoms with Gasteiger partial charge in [0, 0.05) is 32.1 Å². The second kappa shape index (κ2) is 6.05. The molecule has 0 amide bonds. The van der Waals surface area contributed by atoms with E-state index in [9.17, 15) is 0 Å². The molecule has 0 spiro atoms. The molecule has 2 aromatic rings. The zero-order valence-corrected chi connectivity index (χ0v) is 11.8. The number of nitrogens with zero attached hydrogens (tertiary/aromatic N) is 3. The molecule has 106 valence electrons. The summed E-state index contributed by atoms with van der Waals surface area (Å²) in [4.78, 5) is 6.85. The largest absolute Gasteiger partial charge is 0.337 e. The van der Waals surface area contributed by atoms with Gasteiger partial charge in [-0.15, -0.1) is 5.10 Å². The van der Waals surface area contributed by atoms with Crippen LogP contribution in [0.4, 0.5) is 5.95 Å². The quantitative estimate of drug-likeness (QED) is 0.882. The van der Waals surface area contributed by atoms with Gasteiger partial charge in [0.1, 0.15) is 5.82 Å². The van der Waals surface area contributed by atoms with Gasteiger partial charge in [-0.1, -0.05) is 30.3 Å². The van der Waals surface area contributed by atoms with Gasteiger partial charge in [-0.2, -0.15) is 4.98 Å². The second-order valence-electron chi connectivity index (χ2n) is 5.37. The summed E-state index contributed by atoms with van der Waals surface area (Å²) in [6.45, 7) is 5.13. The lowest BCUT2D eigenvalue weighted by atomic mass is 10.1. The van der Waals surface area contributed by atoms with Crippen LogP contribution in [0.15, 0.2) is 30.3 Å². The van der Waals surface area contributed by atoms with Crippen LogP contribution in [0.3, 0.4) is 0 Å². The molecule has 1 aromatic carbocycles. The van der Waals surface area contributed by atoms with Gasteiger partial charge in [0.05, 0.1) is 0 Å². The molecule has 1 aliphatic rings. The molecule has 0 bridgehead atoms. The molecule has 1 aliphatic heterocycles. The van der Waals surface area contributed by atoms with Crippen LogP contribution < -0.4 is 10.2 Å². The molecule has 0 unspecified atom stereocenters. The van der Waals surface area contributed by atoms with E-state index in [-0.39, 0.29) is 0 Å². The summed E-state index contributed by atoms with van der Waals surface area (Å²) in [5.74, 6) is 1.80. The number of piperazine rings is 1. The topological polar surface area (TPSA) is 56.8 Å². The van der Waals surface area contributed by atoms with E-state index in [1.54, 1.807) is 0 Å². The van der Waals surface area contributed by atoms with E-state index in [0.29, 0.717) is 6.04 Å². The van der Waals surface area contributed by atoms with Gasteiger partial charge in [-0.05, 0) is 18.9 Å². The Morgan fingerprint density at radius 1 is 1.25 bits per heavy atom. The number of H-pyrrole nitrogens is 1. The van der Waals surface area contributed by atoms with Crippen LogP contribution in [0.5, 0.6) is 0 Å². The number of aryl methyl sites for hydroxylation is 2. The molecule has 2 N–H and O–H groups in total. The Balaban J connectivity index is 1.59. The number of nitrogens with one attached hydrogen (secondary N) is 2. The first-order chi connectivity index (χ1) is 9.81. The van der Waals surface area contributed by atoms with E-state index in [1.165, 1.54) is 5.56 Å². The summed E-state index contributed by atoms with van der Waals surface area (Å²) in [5.41, 5.74) is 1.33. The minimum absolute atomic E-state index is 0.495. The first-order valence-corrected chi connectivity index (χ1v) is 7.25. The van der Waals surface area contributed by atoms with Crippen LogP contribution in [-0.2, 0) is 12.8 Å². The Kier molecular flexibility index (Phi) is 3.97. The highest BCUT2D eigenvalue weighted by molar-refractivity contribution is 5.30. The Morgan fingerprint density at radius 2 is 2.10 bits per heavy atom. The van der Waals surface area contributed by atoms with Gasteiger partial charge < -0.3 is 10.2 Å². The average molecular weight is 271 g/mol. The summed E-state index contributed by atoms with van der Waals surface area (Å²) in [6.07, 6.45) is 1.89. The molecule has 1 aromatic heterocycles. The summed E-state index contributed by atoms with van der Waals surface area (Å²) in [6, 6.07) is 11.0. The lowest BCUT2D eigenvalue weighted by molar-refractivity contribution is 0.479. The highest BCUT2D eigenvalue weighted by Crippen LogP contribution is 2.11. The van der Waals surface area contributed by atoms with Crippen LogP contribution in [0.2, 0.25) is 0 Å². The monoisotopic (exact) mass is 271 g/mol. The van der Waals surface area contributed by atoms with Gasteiger partial charge in [0.15, 0.2) is 0 Å². The third-order valence-corrected chi connectivity index (χ3v) is 3.66. The van der Waals surface area contributed by atoms with E-state index in [2.05, 4.69) is 56.6 Å². The van der Waals surface area contributed by atoms with E-state index in [0.717, 1.165) is 44.2 Å². The van der Waals surface area contributed by atoms with Gasteiger partial charge in [0.25, 0.3) is 0 Å². The van der Waals surface area contributed by atoms with E-state index in [1.807, 2.05) is 6.07 Å². The smallest absolute Gasteiger partial charge is 0.244 e. The van der Waals surface area contributed by atoms with Crippen LogP contribution in [0, 0.1) is 0 Å². The standard InChI is InChI=1S/C15H21N5/c1-12-11-20(10-9-16-12)15-17-14(18-19-15)8-7-13-5-3-2-4-6-13/h2-6,12,16H,7-11H2,1H3,(H,17,18,19)/t12-/m0/s1. The summed E-state index contributed by atoms with van der Waals surface area (Å²) >= 11 is 0. The number of aromatic nitrogens is 3. The zero-order valence-electron chi connectivity index (χ0n) is 11.8. The number of hydrogen-bond donors (Lipinski definition) is 2. The second-order valence-corrected chi connectivity index (χ2v) is 5.37. The SMILES string of the molecule is C[C@H]1CN(c2n[nH]c(CCc3ccccc3)n2)CCN1. The van der Waals surface area contributed by atoms with Gasteiger partial charge >= 0.3 is 0 Å². The lowest BCUT2D eigenvalue weighted by Crippen LogP contribution is -2.49. The lowest BCUT2D eigenvalue weighted by Gasteiger charge is -2.30. The number of benzene rings is 1. The number of rotatable bonds is 4. The van der Waals surface area contributed by atoms with Gasteiger partial charge in [-0.25, -0.2) is 0 Å². The molecule has 1 fully saturated rings. The fourth-order valence-corrected chi connectivity index (χ4v) is 2.56. The van der Waals surface area contributed by atoms with Crippen molar-refractivity contribution in [2.75, 3.05) is 24.5 Å². The highest BCUT2D eigenvalue weighted by atomic mass is 15.4. The van der Waals surface area contributed by atoms with Crippen molar-refractivity contribution in [1.29, 1.82) is 0 Å². The first kappa shape index (κ1) is 13.1. The predicted octanol–water partition coefficient (Wildman–Crippen LogP) is 1.39. The van der Waals surface area contributed by atoms with Crippen molar-refractivity contribution >= 4 is 5.95 Å². The molecule has 5 nitrogen and oxygen atoms in total. The molecule has 5 heteroatoms. The Morgan fingerprint density at radius 3 is 2.90 bits per heavy atom. The van der Waals surface area contributed by atoms with Crippen LogP contribution in [0.25, 0.3) is 0 Å².